The molecular weight excluding hydrogens is 288 g/mol. The van der Waals surface area contributed by atoms with Crippen molar-refractivity contribution in [2.24, 2.45) is 0 Å². The Balaban J connectivity index is 1.95. The number of nitrogens with one attached hydrogen (secondary N) is 2. The van der Waals surface area contributed by atoms with Gasteiger partial charge >= 0.3 is 0 Å². The van der Waals surface area contributed by atoms with E-state index in [1.807, 2.05) is 6.92 Å². The van der Waals surface area contributed by atoms with Gasteiger partial charge in [-0.15, -0.1) is 0 Å². The van der Waals surface area contributed by atoms with Gasteiger partial charge in [0.2, 0.25) is 10.0 Å². The van der Waals surface area contributed by atoms with E-state index >= 15 is 0 Å². The van der Waals surface area contributed by atoms with Crippen molar-refractivity contribution in [1.29, 1.82) is 0 Å². The van der Waals surface area contributed by atoms with Crippen molar-refractivity contribution in [3.8, 4) is 0 Å². The third-order valence-electron chi connectivity index (χ3n) is 3.86. The molecule has 0 aliphatic heterocycles. The number of sulfonamides is 1. The van der Waals surface area contributed by atoms with Crippen molar-refractivity contribution in [2.75, 3.05) is 18.4 Å². The summed E-state index contributed by atoms with van der Waals surface area (Å²) in [6.45, 7) is 2.87. The number of benzene rings is 1. The predicted octanol–water partition coefficient (Wildman–Crippen LogP) is 2.09. The molecule has 0 radical (unpaired) electrons. The summed E-state index contributed by atoms with van der Waals surface area (Å²) >= 11 is 0. The summed E-state index contributed by atoms with van der Waals surface area (Å²) < 4.78 is 26.4. The van der Waals surface area contributed by atoms with Crippen LogP contribution in [0.25, 0.3) is 0 Å². The maximum Gasteiger partial charge on any atom is 0.240 e. The molecule has 5 nitrogen and oxygen atoms in total. The van der Waals surface area contributed by atoms with E-state index in [1.54, 1.807) is 24.3 Å². The maximum absolute atomic E-state index is 11.9. The molecule has 1 aliphatic carbocycles. The molecule has 1 fully saturated rings. The molecule has 0 unspecified atom stereocenters. The topological polar surface area (TPSA) is 78.4 Å². The van der Waals surface area contributed by atoms with Gasteiger partial charge in [0.25, 0.3) is 0 Å². The van der Waals surface area contributed by atoms with Crippen LogP contribution in [-0.4, -0.2) is 32.2 Å². The normalized spacial score (nSPS) is 17.8. The van der Waals surface area contributed by atoms with Gasteiger partial charge < -0.3 is 10.4 Å². The SMILES string of the molecule is CCCNS(=O)(=O)c1ccc(NCC2(O)CCCC2)cc1. The van der Waals surface area contributed by atoms with Gasteiger partial charge in [-0.1, -0.05) is 19.8 Å². The molecule has 0 amide bonds. The lowest BCUT2D eigenvalue weighted by molar-refractivity contribution is 0.0615. The number of hydrogen-bond acceptors (Lipinski definition) is 4. The fourth-order valence-electron chi connectivity index (χ4n) is 2.55. The van der Waals surface area contributed by atoms with Crippen LogP contribution in [0.1, 0.15) is 39.0 Å². The summed E-state index contributed by atoms with van der Waals surface area (Å²) in [5, 5.41) is 13.4. The van der Waals surface area contributed by atoms with Gasteiger partial charge in [0, 0.05) is 18.8 Å². The molecule has 1 aromatic rings. The maximum atomic E-state index is 11.9. The van der Waals surface area contributed by atoms with Crippen LogP contribution in [0.4, 0.5) is 5.69 Å². The average molecular weight is 312 g/mol. The van der Waals surface area contributed by atoms with Gasteiger partial charge in [0.1, 0.15) is 0 Å². The van der Waals surface area contributed by atoms with Crippen LogP contribution in [-0.2, 0) is 10.0 Å². The number of anilines is 1. The van der Waals surface area contributed by atoms with Crippen molar-refractivity contribution in [3.63, 3.8) is 0 Å². The summed E-state index contributed by atoms with van der Waals surface area (Å²) in [7, 11) is -3.41. The monoisotopic (exact) mass is 312 g/mol. The molecule has 0 bridgehead atoms. The molecule has 0 aromatic heterocycles. The van der Waals surface area contributed by atoms with Crippen LogP contribution in [0, 0.1) is 0 Å². The van der Waals surface area contributed by atoms with E-state index in [-0.39, 0.29) is 4.90 Å². The fraction of sp³-hybridized carbons (Fsp3) is 0.600. The second-order valence-electron chi connectivity index (χ2n) is 5.71. The molecule has 3 N–H and O–H groups in total. The molecule has 0 spiro atoms. The second-order valence-corrected chi connectivity index (χ2v) is 7.47. The van der Waals surface area contributed by atoms with Crippen molar-refractivity contribution >= 4 is 15.7 Å². The summed E-state index contributed by atoms with van der Waals surface area (Å²) in [5.41, 5.74) is 0.206. The highest BCUT2D eigenvalue weighted by molar-refractivity contribution is 7.89. The Morgan fingerprint density at radius 2 is 1.81 bits per heavy atom. The Hall–Kier alpha value is -1.11. The highest BCUT2D eigenvalue weighted by atomic mass is 32.2. The first-order valence-corrected chi connectivity index (χ1v) is 8.99. The van der Waals surface area contributed by atoms with Gasteiger partial charge in [0.05, 0.1) is 10.5 Å². The van der Waals surface area contributed by atoms with E-state index in [0.717, 1.165) is 37.8 Å². The molecule has 2 rings (SSSR count). The Morgan fingerprint density at radius 3 is 2.38 bits per heavy atom. The molecule has 1 saturated carbocycles. The Morgan fingerprint density at radius 1 is 1.19 bits per heavy atom. The Kier molecular flexibility index (Phi) is 5.24. The molecule has 118 valence electrons. The lowest BCUT2D eigenvalue weighted by Crippen LogP contribution is -2.33. The third kappa shape index (κ3) is 4.43. The minimum absolute atomic E-state index is 0.265. The summed E-state index contributed by atoms with van der Waals surface area (Å²) in [6.07, 6.45) is 4.55. The van der Waals surface area contributed by atoms with Crippen molar-refractivity contribution in [3.05, 3.63) is 24.3 Å². The zero-order valence-electron chi connectivity index (χ0n) is 12.4. The second kappa shape index (κ2) is 6.77. The first-order valence-electron chi connectivity index (χ1n) is 7.51. The minimum Gasteiger partial charge on any atom is -0.388 e. The van der Waals surface area contributed by atoms with Crippen LogP contribution >= 0.6 is 0 Å². The predicted molar refractivity (Wildman–Crippen MR) is 83.8 cm³/mol. The van der Waals surface area contributed by atoms with Gasteiger partial charge in [-0.2, -0.15) is 0 Å². The molecular formula is C15H24N2O3S. The molecule has 0 heterocycles. The molecule has 0 atom stereocenters. The van der Waals surface area contributed by atoms with Gasteiger partial charge in [-0.05, 0) is 43.5 Å². The van der Waals surface area contributed by atoms with Gasteiger partial charge in [0.15, 0.2) is 0 Å². The summed E-state index contributed by atoms with van der Waals surface area (Å²) in [5.74, 6) is 0. The molecule has 1 aliphatic rings. The standard InChI is InChI=1S/C15H24N2O3S/c1-2-11-17-21(19,20)14-7-5-13(6-8-14)16-12-15(18)9-3-4-10-15/h5-8,16-18H,2-4,9-12H2,1H3. The molecule has 1 aromatic carbocycles. The Bertz CT molecular complexity index is 549. The van der Waals surface area contributed by atoms with Gasteiger partial charge in [-0.3, -0.25) is 0 Å². The summed E-state index contributed by atoms with van der Waals surface area (Å²) in [6, 6.07) is 6.63. The van der Waals surface area contributed by atoms with E-state index in [0.29, 0.717) is 13.1 Å². The van der Waals surface area contributed by atoms with Crippen molar-refractivity contribution < 1.29 is 13.5 Å². The van der Waals surface area contributed by atoms with Crippen LogP contribution < -0.4 is 10.0 Å². The van der Waals surface area contributed by atoms with E-state index < -0.39 is 15.6 Å². The van der Waals surface area contributed by atoms with Gasteiger partial charge in [-0.25, -0.2) is 13.1 Å². The van der Waals surface area contributed by atoms with E-state index in [2.05, 4.69) is 10.0 Å². The average Bonchev–Trinajstić information content (AvgIpc) is 2.91. The first kappa shape index (κ1) is 16.3. The largest absolute Gasteiger partial charge is 0.388 e. The van der Waals surface area contributed by atoms with Crippen molar-refractivity contribution in [2.45, 2.75) is 49.5 Å². The highest BCUT2D eigenvalue weighted by Gasteiger charge is 2.30. The minimum atomic E-state index is -3.41. The lowest BCUT2D eigenvalue weighted by atomic mass is 10.0. The molecule has 0 saturated heterocycles. The molecule has 21 heavy (non-hydrogen) atoms. The number of aliphatic hydroxyl groups is 1. The summed E-state index contributed by atoms with van der Waals surface area (Å²) in [4.78, 5) is 0.265. The third-order valence-corrected chi connectivity index (χ3v) is 5.34. The zero-order chi connectivity index (χ0) is 15.3. The smallest absolute Gasteiger partial charge is 0.240 e. The molecule has 6 heteroatoms. The van der Waals surface area contributed by atoms with Crippen LogP contribution in [0.15, 0.2) is 29.2 Å². The van der Waals surface area contributed by atoms with Crippen molar-refractivity contribution in [1.82, 2.24) is 4.72 Å². The van der Waals surface area contributed by atoms with E-state index in [1.165, 1.54) is 0 Å². The zero-order valence-corrected chi connectivity index (χ0v) is 13.2. The van der Waals surface area contributed by atoms with Crippen LogP contribution in [0.3, 0.4) is 0 Å². The van der Waals surface area contributed by atoms with E-state index in [4.69, 9.17) is 0 Å². The first-order chi connectivity index (χ1) is 9.95. The van der Waals surface area contributed by atoms with Crippen LogP contribution in [0.2, 0.25) is 0 Å². The number of rotatable bonds is 7. The highest BCUT2D eigenvalue weighted by Crippen LogP contribution is 2.29. The fourth-order valence-corrected chi connectivity index (χ4v) is 3.68. The Labute approximate surface area is 126 Å². The van der Waals surface area contributed by atoms with E-state index in [9.17, 15) is 13.5 Å². The number of hydrogen-bond donors (Lipinski definition) is 3. The van der Waals surface area contributed by atoms with Crippen LogP contribution in [0.5, 0.6) is 0 Å². The quantitative estimate of drug-likeness (QED) is 0.720. The lowest BCUT2D eigenvalue weighted by Gasteiger charge is -2.23.